The van der Waals surface area contributed by atoms with E-state index in [1.807, 2.05) is 0 Å². The fraction of sp³-hybridized carbons (Fsp3) is 0.300. The van der Waals surface area contributed by atoms with E-state index in [9.17, 15) is 0 Å². The highest BCUT2D eigenvalue weighted by Gasteiger charge is 2.08. The summed E-state index contributed by atoms with van der Waals surface area (Å²) < 4.78 is 0. The monoisotopic (exact) mass is 243 g/mol. The molecule has 0 fully saturated rings. The van der Waals surface area contributed by atoms with Crippen LogP contribution in [0.25, 0.3) is 9.88 Å². The summed E-state index contributed by atoms with van der Waals surface area (Å²) in [5.41, 5.74) is 1.12. The molecule has 0 bridgehead atoms. The Labute approximate surface area is 96.4 Å². The van der Waals surface area contributed by atoms with Gasteiger partial charge >= 0.3 is 0 Å². The Morgan fingerprint density at radius 2 is 2.36 bits per heavy atom. The van der Waals surface area contributed by atoms with Gasteiger partial charge in [-0.15, -0.1) is 34.3 Å². The summed E-state index contributed by atoms with van der Waals surface area (Å²) in [6, 6.07) is 4.16. The van der Waals surface area contributed by atoms with Gasteiger partial charge in [0.25, 0.3) is 0 Å². The molecule has 0 aliphatic heterocycles. The van der Waals surface area contributed by atoms with Gasteiger partial charge in [0.05, 0.1) is 10.6 Å². The van der Waals surface area contributed by atoms with Crippen molar-refractivity contribution in [1.82, 2.24) is 4.98 Å². The molecule has 0 atom stereocenters. The molecule has 0 aliphatic carbocycles. The first kappa shape index (κ1) is 10.1. The molecule has 1 nitrogen and oxygen atoms in total. The maximum atomic E-state index is 5.72. The van der Waals surface area contributed by atoms with E-state index in [4.69, 9.17) is 11.6 Å². The molecular weight excluding hydrogens is 234 g/mol. The van der Waals surface area contributed by atoms with Crippen LogP contribution in [-0.2, 0) is 6.42 Å². The first-order valence-corrected chi connectivity index (χ1v) is 6.60. The van der Waals surface area contributed by atoms with Crippen molar-refractivity contribution >= 4 is 34.3 Å². The molecule has 0 N–H and O–H groups in total. The number of thiophene rings is 1. The lowest BCUT2D eigenvalue weighted by Gasteiger charge is -1.89. The summed E-state index contributed by atoms with van der Waals surface area (Å²) in [6.45, 7) is 2.05. The third kappa shape index (κ3) is 2.00. The number of aryl methyl sites for hydroxylation is 2. The predicted octanol–water partition coefficient (Wildman–Crippen LogP) is 3.96. The van der Waals surface area contributed by atoms with E-state index in [1.165, 1.54) is 9.75 Å². The minimum absolute atomic E-state index is 0.674. The fourth-order valence-electron chi connectivity index (χ4n) is 1.25. The first-order chi connectivity index (χ1) is 6.81. The van der Waals surface area contributed by atoms with Crippen molar-refractivity contribution in [3.8, 4) is 9.88 Å². The van der Waals surface area contributed by atoms with Gasteiger partial charge < -0.3 is 0 Å². The molecule has 0 aromatic carbocycles. The van der Waals surface area contributed by atoms with Crippen LogP contribution in [0.15, 0.2) is 17.5 Å². The quantitative estimate of drug-likeness (QED) is 0.744. The Hall–Kier alpha value is -0.380. The molecule has 74 valence electrons. The van der Waals surface area contributed by atoms with E-state index in [1.54, 1.807) is 22.7 Å². The number of rotatable bonds is 3. The van der Waals surface area contributed by atoms with Gasteiger partial charge in [-0.25, -0.2) is 4.98 Å². The molecule has 0 saturated heterocycles. The maximum absolute atomic E-state index is 5.72. The van der Waals surface area contributed by atoms with Crippen LogP contribution < -0.4 is 0 Å². The van der Waals surface area contributed by atoms with Crippen molar-refractivity contribution in [1.29, 1.82) is 0 Å². The lowest BCUT2D eigenvalue weighted by atomic mass is 10.3. The first-order valence-electron chi connectivity index (χ1n) is 4.37. The Bertz CT molecular complexity index is 406. The minimum atomic E-state index is 0.674. The fourth-order valence-corrected chi connectivity index (χ4v) is 3.41. The van der Waals surface area contributed by atoms with Crippen LogP contribution in [0.1, 0.15) is 10.6 Å². The standard InChI is InChI=1S/C10H10ClNS2/c1-7-8(4-5-11)14-10(12-7)9-3-2-6-13-9/h2-3,6H,4-5H2,1H3. The molecule has 0 aliphatic rings. The molecule has 4 heteroatoms. The summed E-state index contributed by atoms with van der Waals surface area (Å²) >= 11 is 9.21. The molecule has 2 aromatic rings. The molecule has 0 radical (unpaired) electrons. The summed E-state index contributed by atoms with van der Waals surface area (Å²) in [5, 5.41) is 3.20. The van der Waals surface area contributed by atoms with E-state index in [0.29, 0.717) is 5.88 Å². The van der Waals surface area contributed by atoms with Crippen LogP contribution in [0.3, 0.4) is 0 Å². The van der Waals surface area contributed by atoms with E-state index in [0.717, 1.165) is 17.1 Å². The topological polar surface area (TPSA) is 12.9 Å². The number of halogens is 1. The van der Waals surface area contributed by atoms with Crippen LogP contribution in [0.5, 0.6) is 0 Å². The number of hydrogen-bond acceptors (Lipinski definition) is 3. The molecule has 2 aromatic heterocycles. The van der Waals surface area contributed by atoms with Crippen molar-refractivity contribution in [3.05, 3.63) is 28.1 Å². The average molecular weight is 244 g/mol. The van der Waals surface area contributed by atoms with Gasteiger partial charge in [-0.3, -0.25) is 0 Å². The highest BCUT2D eigenvalue weighted by molar-refractivity contribution is 7.21. The van der Waals surface area contributed by atoms with E-state index in [-0.39, 0.29) is 0 Å². The zero-order chi connectivity index (χ0) is 9.97. The van der Waals surface area contributed by atoms with Gasteiger partial charge in [-0.05, 0) is 24.8 Å². The summed E-state index contributed by atoms with van der Waals surface area (Å²) in [7, 11) is 0. The Morgan fingerprint density at radius 1 is 1.50 bits per heavy atom. The summed E-state index contributed by atoms with van der Waals surface area (Å²) in [6.07, 6.45) is 0.927. The van der Waals surface area contributed by atoms with E-state index in [2.05, 4.69) is 29.4 Å². The predicted molar refractivity (Wildman–Crippen MR) is 64.6 cm³/mol. The van der Waals surface area contributed by atoms with Gasteiger partial charge in [0, 0.05) is 10.8 Å². The maximum Gasteiger partial charge on any atom is 0.133 e. The van der Waals surface area contributed by atoms with Crippen molar-refractivity contribution in [2.45, 2.75) is 13.3 Å². The second kappa shape index (κ2) is 4.43. The van der Waals surface area contributed by atoms with Gasteiger partial charge in [0.1, 0.15) is 5.01 Å². The van der Waals surface area contributed by atoms with Gasteiger partial charge in [-0.1, -0.05) is 6.07 Å². The number of thiazole rings is 1. The zero-order valence-corrected chi connectivity index (χ0v) is 10.2. The zero-order valence-electron chi connectivity index (χ0n) is 7.79. The Kier molecular flexibility index (Phi) is 3.21. The second-order valence-electron chi connectivity index (χ2n) is 2.94. The molecule has 2 heterocycles. The Balaban J connectivity index is 2.33. The van der Waals surface area contributed by atoms with Gasteiger partial charge in [-0.2, -0.15) is 0 Å². The minimum Gasteiger partial charge on any atom is -0.240 e. The number of hydrogen-bond donors (Lipinski definition) is 0. The SMILES string of the molecule is Cc1nc(-c2cccs2)sc1CCCl. The van der Waals surface area contributed by atoms with Crippen LogP contribution >= 0.6 is 34.3 Å². The van der Waals surface area contributed by atoms with Crippen molar-refractivity contribution in [3.63, 3.8) is 0 Å². The molecule has 0 spiro atoms. The van der Waals surface area contributed by atoms with Gasteiger partial charge in [0.15, 0.2) is 0 Å². The third-order valence-electron chi connectivity index (χ3n) is 1.95. The van der Waals surface area contributed by atoms with Crippen molar-refractivity contribution < 1.29 is 0 Å². The van der Waals surface area contributed by atoms with E-state index >= 15 is 0 Å². The molecule has 14 heavy (non-hydrogen) atoms. The molecule has 2 rings (SSSR count). The van der Waals surface area contributed by atoms with Crippen LogP contribution in [-0.4, -0.2) is 10.9 Å². The molecule has 0 saturated carbocycles. The average Bonchev–Trinajstić information content (AvgIpc) is 2.76. The van der Waals surface area contributed by atoms with Crippen LogP contribution in [0.2, 0.25) is 0 Å². The molecule has 0 unspecified atom stereocenters. The van der Waals surface area contributed by atoms with Crippen molar-refractivity contribution in [2.24, 2.45) is 0 Å². The summed E-state index contributed by atoms with van der Waals surface area (Å²) in [4.78, 5) is 7.10. The molecular formula is C10H10ClNS2. The number of aromatic nitrogens is 1. The second-order valence-corrected chi connectivity index (χ2v) is 5.35. The Morgan fingerprint density at radius 3 is 3.00 bits per heavy atom. The van der Waals surface area contributed by atoms with Crippen LogP contribution in [0.4, 0.5) is 0 Å². The smallest absolute Gasteiger partial charge is 0.133 e. The number of alkyl halides is 1. The number of nitrogens with zero attached hydrogens (tertiary/aromatic N) is 1. The lowest BCUT2D eigenvalue weighted by molar-refractivity contribution is 1.12. The van der Waals surface area contributed by atoms with Gasteiger partial charge in [0.2, 0.25) is 0 Å². The summed E-state index contributed by atoms with van der Waals surface area (Å²) in [5.74, 6) is 0.674. The lowest BCUT2D eigenvalue weighted by Crippen LogP contribution is -1.83. The highest BCUT2D eigenvalue weighted by atomic mass is 35.5. The third-order valence-corrected chi connectivity index (χ3v) is 4.39. The molecule has 0 amide bonds. The van der Waals surface area contributed by atoms with E-state index < -0.39 is 0 Å². The normalized spacial score (nSPS) is 10.7. The van der Waals surface area contributed by atoms with Crippen LogP contribution in [0, 0.1) is 6.92 Å². The largest absolute Gasteiger partial charge is 0.240 e. The highest BCUT2D eigenvalue weighted by Crippen LogP contribution is 2.31. The van der Waals surface area contributed by atoms with Crippen molar-refractivity contribution in [2.75, 3.05) is 5.88 Å².